The number of ether oxygens (including phenoxy) is 4. The number of phosphoric ester groups is 2. The van der Waals surface area contributed by atoms with Crippen LogP contribution >= 0.6 is 15.6 Å². The molecule has 0 aliphatic carbocycles. The predicted octanol–water partition coefficient (Wildman–Crippen LogP) is 21.8. The van der Waals surface area contributed by atoms with Crippen molar-refractivity contribution in [3.63, 3.8) is 0 Å². The van der Waals surface area contributed by atoms with Crippen molar-refractivity contribution in [3.8, 4) is 0 Å². The number of unbranched alkanes of at least 4 members (excludes halogenated alkanes) is 40. The maximum atomic E-state index is 13.1. The van der Waals surface area contributed by atoms with Gasteiger partial charge in [0.15, 0.2) is 12.2 Å². The number of hydrogen-bond donors (Lipinski definition) is 3. The lowest BCUT2D eigenvalue weighted by Gasteiger charge is -2.21. The van der Waals surface area contributed by atoms with Crippen molar-refractivity contribution >= 4 is 39.5 Å². The van der Waals surface area contributed by atoms with Crippen molar-refractivity contribution in [2.24, 2.45) is 17.8 Å². The lowest BCUT2D eigenvalue weighted by atomic mass is 9.99. The molecule has 6 atom stereocenters. The van der Waals surface area contributed by atoms with E-state index in [1.165, 1.54) is 186 Å². The van der Waals surface area contributed by atoms with E-state index in [-0.39, 0.29) is 25.7 Å². The number of aliphatic hydroxyl groups is 1. The normalized spacial score (nSPS) is 14.4. The van der Waals surface area contributed by atoms with Gasteiger partial charge in [-0.15, -0.1) is 0 Å². The number of phosphoric acid groups is 2. The average molecular weight is 1380 g/mol. The van der Waals surface area contributed by atoms with Crippen LogP contribution in [-0.4, -0.2) is 96.7 Å². The SMILES string of the molecule is CCCCCCCCCCCCCCCCCCC(=O)OC[C@H](COP(=O)(O)OC[C@@H](O)COP(=O)(O)OC[C@@H](COC(=O)CCCCCCCCC(C)C)OC(=O)CCCCCCCCCCC(C)CC)OC(=O)CCCCCCCCCCCCCCCCC(C)C. The van der Waals surface area contributed by atoms with Crippen molar-refractivity contribution < 1.29 is 80.2 Å². The summed E-state index contributed by atoms with van der Waals surface area (Å²) in [6.45, 7) is 11.8. The van der Waals surface area contributed by atoms with Crippen LogP contribution in [0.25, 0.3) is 0 Å². The van der Waals surface area contributed by atoms with Crippen LogP contribution in [0.2, 0.25) is 0 Å². The fourth-order valence-electron chi connectivity index (χ4n) is 11.4. The highest BCUT2D eigenvalue weighted by Gasteiger charge is 2.30. The number of hydrogen-bond acceptors (Lipinski definition) is 15. The molecule has 17 nitrogen and oxygen atoms in total. The summed E-state index contributed by atoms with van der Waals surface area (Å²) in [4.78, 5) is 72.7. The lowest BCUT2D eigenvalue weighted by Crippen LogP contribution is -2.30. The van der Waals surface area contributed by atoms with Crippen LogP contribution < -0.4 is 0 Å². The van der Waals surface area contributed by atoms with E-state index in [1.54, 1.807) is 0 Å². The minimum absolute atomic E-state index is 0.104. The number of carbonyl (C=O) groups excluding carboxylic acids is 4. The summed E-state index contributed by atoms with van der Waals surface area (Å²) in [7, 11) is -9.91. The van der Waals surface area contributed by atoms with E-state index in [2.05, 4.69) is 48.5 Å². The molecule has 0 heterocycles. The first-order chi connectivity index (χ1) is 45.3. The Kier molecular flexibility index (Phi) is 64.3. The van der Waals surface area contributed by atoms with Gasteiger partial charge in [-0.1, -0.05) is 331 Å². The Labute approximate surface area is 575 Å². The van der Waals surface area contributed by atoms with Crippen LogP contribution in [0, 0.1) is 17.8 Å². The summed E-state index contributed by atoms with van der Waals surface area (Å²) in [5.41, 5.74) is 0. The van der Waals surface area contributed by atoms with E-state index in [9.17, 15) is 43.2 Å². The molecule has 3 N–H and O–H groups in total. The molecule has 0 aromatic heterocycles. The molecule has 0 aromatic carbocycles. The average Bonchev–Trinajstić information content (AvgIpc) is 1.87. The van der Waals surface area contributed by atoms with E-state index in [1.807, 2.05) is 0 Å². The van der Waals surface area contributed by atoms with Gasteiger partial charge in [-0.05, 0) is 43.4 Å². The molecule has 0 rings (SSSR count). The number of carbonyl (C=O) groups is 4. The standard InChI is InChI=1S/C75H146O17P2/c1-8-10-11-12-13-14-15-16-17-18-22-25-28-34-42-49-56-72(77)85-62-70(91-74(79)58-51-44-35-29-26-23-20-19-21-24-27-32-39-46-53-66(3)4)64-89-93(81,82)87-60-69(76)61-88-94(83,84)90-65-71(63-86-73(78)57-50-43-38-37-40-47-54-67(5)6)92-75(80)59-52-45-36-31-30-33-41-48-55-68(7)9-2/h66-71,76H,8-65H2,1-7H3,(H,81,82)(H,83,84)/t68?,69-,70-,71-/m1/s1. The van der Waals surface area contributed by atoms with E-state index >= 15 is 0 Å². The van der Waals surface area contributed by atoms with Crippen LogP contribution in [0.15, 0.2) is 0 Å². The highest BCUT2D eigenvalue weighted by molar-refractivity contribution is 7.47. The minimum atomic E-state index is -4.96. The van der Waals surface area contributed by atoms with Crippen LogP contribution in [0.3, 0.4) is 0 Å². The van der Waals surface area contributed by atoms with Gasteiger partial charge in [-0.25, -0.2) is 9.13 Å². The molecule has 0 aliphatic heterocycles. The first kappa shape index (κ1) is 92.1. The third-order valence-electron chi connectivity index (χ3n) is 17.7. The number of rotatable bonds is 73. The monoisotopic (exact) mass is 1380 g/mol. The van der Waals surface area contributed by atoms with Crippen molar-refractivity contribution in [2.45, 2.75) is 401 Å². The van der Waals surface area contributed by atoms with Gasteiger partial charge in [-0.2, -0.15) is 0 Å². The van der Waals surface area contributed by atoms with Crippen LogP contribution in [0.5, 0.6) is 0 Å². The van der Waals surface area contributed by atoms with Gasteiger partial charge < -0.3 is 33.8 Å². The molecule has 19 heteroatoms. The van der Waals surface area contributed by atoms with E-state index < -0.39 is 97.5 Å². The molecule has 3 unspecified atom stereocenters. The first-order valence-electron chi connectivity index (χ1n) is 38.9. The fourth-order valence-corrected chi connectivity index (χ4v) is 13.0. The molecule has 0 amide bonds. The Morgan fingerprint density at radius 2 is 0.543 bits per heavy atom. The molecule has 0 aliphatic rings. The molecule has 0 saturated carbocycles. The molecule has 94 heavy (non-hydrogen) atoms. The lowest BCUT2D eigenvalue weighted by molar-refractivity contribution is -0.161. The predicted molar refractivity (Wildman–Crippen MR) is 381 cm³/mol. The van der Waals surface area contributed by atoms with Gasteiger partial charge in [-0.3, -0.25) is 37.3 Å². The van der Waals surface area contributed by atoms with Gasteiger partial charge in [0.05, 0.1) is 26.4 Å². The molecular weight excluding hydrogens is 1230 g/mol. The molecule has 0 spiro atoms. The Balaban J connectivity index is 5.24. The zero-order chi connectivity index (χ0) is 69.4. The van der Waals surface area contributed by atoms with Gasteiger partial charge in [0, 0.05) is 25.7 Å². The molecule has 0 bridgehead atoms. The smallest absolute Gasteiger partial charge is 0.462 e. The highest BCUT2D eigenvalue weighted by Crippen LogP contribution is 2.45. The Morgan fingerprint density at radius 3 is 0.809 bits per heavy atom. The maximum absolute atomic E-state index is 13.1. The topological polar surface area (TPSA) is 237 Å². The Morgan fingerprint density at radius 1 is 0.309 bits per heavy atom. The van der Waals surface area contributed by atoms with Crippen LogP contribution in [0.4, 0.5) is 0 Å². The number of esters is 4. The van der Waals surface area contributed by atoms with Crippen LogP contribution in [-0.2, 0) is 65.4 Å². The Bertz CT molecular complexity index is 1840. The largest absolute Gasteiger partial charge is 0.472 e. The fraction of sp³-hybridized carbons (Fsp3) is 0.947. The zero-order valence-electron chi connectivity index (χ0n) is 61.4. The van der Waals surface area contributed by atoms with E-state index in [0.29, 0.717) is 31.6 Å². The first-order valence-corrected chi connectivity index (χ1v) is 41.9. The van der Waals surface area contributed by atoms with Crippen molar-refractivity contribution in [1.29, 1.82) is 0 Å². The second-order valence-corrected chi connectivity index (χ2v) is 31.1. The van der Waals surface area contributed by atoms with E-state index in [0.717, 1.165) is 108 Å². The summed E-state index contributed by atoms with van der Waals surface area (Å²) in [5.74, 6) is 0.122. The summed E-state index contributed by atoms with van der Waals surface area (Å²) in [5, 5.41) is 10.6. The Hall–Kier alpha value is -1.94. The summed E-state index contributed by atoms with van der Waals surface area (Å²) >= 11 is 0. The van der Waals surface area contributed by atoms with Gasteiger partial charge in [0.1, 0.15) is 19.3 Å². The van der Waals surface area contributed by atoms with Gasteiger partial charge in [0.2, 0.25) is 0 Å². The second kappa shape index (κ2) is 65.7. The molecule has 558 valence electrons. The van der Waals surface area contributed by atoms with E-state index in [4.69, 9.17) is 37.0 Å². The van der Waals surface area contributed by atoms with Crippen molar-refractivity contribution in [2.75, 3.05) is 39.6 Å². The molecular formula is C75H146O17P2. The molecule has 0 saturated heterocycles. The molecule has 0 radical (unpaired) electrons. The van der Waals surface area contributed by atoms with Crippen molar-refractivity contribution in [1.82, 2.24) is 0 Å². The summed E-state index contributed by atoms with van der Waals surface area (Å²) < 4.78 is 68.5. The second-order valence-electron chi connectivity index (χ2n) is 28.2. The summed E-state index contributed by atoms with van der Waals surface area (Å²) in [6, 6.07) is 0. The number of aliphatic hydroxyl groups excluding tert-OH is 1. The molecule has 0 aromatic rings. The third kappa shape index (κ3) is 67.3. The minimum Gasteiger partial charge on any atom is -0.462 e. The van der Waals surface area contributed by atoms with Gasteiger partial charge in [0.25, 0.3) is 0 Å². The quantitative estimate of drug-likeness (QED) is 0.0222. The van der Waals surface area contributed by atoms with Gasteiger partial charge >= 0.3 is 39.5 Å². The third-order valence-corrected chi connectivity index (χ3v) is 19.6. The van der Waals surface area contributed by atoms with Crippen molar-refractivity contribution in [3.05, 3.63) is 0 Å². The highest BCUT2D eigenvalue weighted by atomic mass is 31.2. The summed E-state index contributed by atoms with van der Waals surface area (Å²) in [6.07, 6.45) is 51.4. The molecule has 0 fully saturated rings. The zero-order valence-corrected chi connectivity index (χ0v) is 63.2. The maximum Gasteiger partial charge on any atom is 0.472 e. The van der Waals surface area contributed by atoms with Crippen LogP contribution in [0.1, 0.15) is 382 Å².